The molecule has 0 radical (unpaired) electrons. The number of rotatable bonds is 8. The Hall–Kier alpha value is -2.12. The molecular weight excluding hydrogens is 310 g/mol. The summed E-state index contributed by atoms with van der Waals surface area (Å²) in [5.74, 6) is -0.210. The Morgan fingerprint density at radius 3 is 2.42 bits per heavy atom. The second kappa shape index (κ2) is 9.24. The number of hydrogen-bond donors (Lipinski definition) is 2. The highest BCUT2D eigenvalue weighted by atomic mass is 16.6. The number of ether oxygens (including phenoxy) is 2. The van der Waals surface area contributed by atoms with Crippen molar-refractivity contribution in [2.24, 2.45) is 10.9 Å². The number of oxime groups is 1. The number of amidine groups is 1. The summed E-state index contributed by atoms with van der Waals surface area (Å²) in [7, 11) is 1.62. The fourth-order valence-electron chi connectivity index (χ4n) is 2.09. The molecule has 0 aliphatic rings. The Balaban J connectivity index is 2.73. The van der Waals surface area contributed by atoms with Crippen LogP contribution in [0.1, 0.15) is 31.9 Å². The van der Waals surface area contributed by atoms with Gasteiger partial charge in [0.05, 0.1) is 13.2 Å². The number of esters is 1. The van der Waals surface area contributed by atoms with Crippen LogP contribution < -0.4 is 5.73 Å². The van der Waals surface area contributed by atoms with Crippen molar-refractivity contribution in [2.75, 3.05) is 26.8 Å². The van der Waals surface area contributed by atoms with Crippen LogP contribution in [0, 0.1) is 0 Å². The molecule has 7 nitrogen and oxygen atoms in total. The van der Waals surface area contributed by atoms with Gasteiger partial charge in [0.1, 0.15) is 5.60 Å². The Bertz CT molecular complexity index is 550. The Morgan fingerprint density at radius 2 is 1.92 bits per heavy atom. The zero-order valence-electron chi connectivity index (χ0n) is 14.8. The van der Waals surface area contributed by atoms with Crippen LogP contribution in [0.2, 0.25) is 0 Å². The molecule has 1 rings (SSSR count). The fraction of sp³-hybridized carbons (Fsp3) is 0.529. The normalized spacial score (nSPS) is 12.5. The third-order valence-electron chi connectivity index (χ3n) is 3.15. The summed E-state index contributed by atoms with van der Waals surface area (Å²) < 4.78 is 10.5. The van der Waals surface area contributed by atoms with Crippen molar-refractivity contribution in [3.63, 3.8) is 0 Å². The van der Waals surface area contributed by atoms with Gasteiger partial charge in [0.15, 0.2) is 5.84 Å². The van der Waals surface area contributed by atoms with Crippen molar-refractivity contribution in [2.45, 2.75) is 32.9 Å². The minimum Gasteiger partial charge on any atom is -0.459 e. The molecule has 24 heavy (non-hydrogen) atoms. The fourth-order valence-corrected chi connectivity index (χ4v) is 2.09. The Kier molecular flexibility index (Phi) is 7.67. The highest BCUT2D eigenvalue weighted by Crippen LogP contribution is 2.10. The van der Waals surface area contributed by atoms with Gasteiger partial charge in [-0.1, -0.05) is 29.4 Å². The van der Waals surface area contributed by atoms with Crippen molar-refractivity contribution in [3.05, 3.63) is 35.4 Å². The van der Waals surface area contributed by atoms with Crippen molar-refractivity contribution in [1.29, 1.82) is 0 Å². The standard InChI is InChI=1S/C17H27N3O4/c1-17(2,3)24-15(21)12-20(9-10-23-4)11-13-5-7-14(8-6-13)16(18)19-22/h5-8,22H,9-12H2,1-4H3,(H2,18,19). The summed E-state index contributed by atoms with van der Waals surface area (Å²) in [6, 6.07) is 7.29. The number of nitrogens with two attached hydrogens (primary N) is 1. The molecule has 0 saturated heterocycles. The highest BCUT2D eigenvalue weighted by Gasteiger charge is 2.19. The van der Waals surface area contributed by atoms with E-state index in [4.69, 9.17) is 20.4 Å². The molecule has 0 aliphatic heterocycles. The van der Waals surface area contributed by atoms with E-state index in [1.165, 1.54) is 0 Å². The van der Waals surface area contributed by atoms with E-state index < -0.39 is 5.60 Å². The van der Waals surface area contributed by atoms with Gasteiger partial charge >= 0.3 is 5.97 Å². The van der Waals surface area contributed by atoms with E-state index in [0.29, 0.717) is 25.3 Å². The monoisotopic (exact) mass is 337 g/mol. The number of methoxy groups -OCH3 is 1. The van der Waals surface area contributed by atoms with Crippen LogP contribution in [0.15, 0.2) is 29.4 Å². The predicted octanol–water partition coefficient (Wildman–Crippen LogP) is 1.57. The van der Waals surface area contributed by atoms with Crippen molar-refractivity contribution in [1.82, 2.24) is 4.90 Å². The number of nitrogens with zero attached hydrogens (tertiary/aromatic N) is 2. The molecule has 3 N–H and O–H groups in total. The second-order valence-electron chi connectivity index (χ2n) is 6.47. The van der Waals surface area contributed by atoms with E-state index in [1.807, 2.05) is 37.8 Å². The molecule has 0 spiro atoms. The van der Waals surface area contributed by atoms with E-state index in [-0.39, 0.29) is 18.3 Å². The highest BCUT2D eigenvalue weighted by molar-refractivity contribution is 5.96. The third-order valence-corrected chi connectivity index (χ3v) is 3.15. The van der Waals surface area contributed by atoms with Crippen LogP contribution in [0.5, 0.6) is 0 Å². The smallest absolute Gasteiger partial charge is 0.320 e. The molecule has 0 unspecified atom stereocenters. The van der Waals surface area contributed by atoms with Gasteiger partial charge in [0.25, 0.3) is 0 Å². The first-order valence-electron chi connectivity index (χ1n) is 7.75. The summed E-state index contributed by atoms with van der Waals surface area (Å²) in [4.78, 5) is 14.0. The summed E-state index contributed by atoms with van der Waals surface area (Å²) in [6.45, 7) is 7.41. The number of carbonyl (C=O) groups excluding carboxylic acids is 1. The van der Waals surface area contributed by atoms with Gasteiger partial charge in [0, 0.05) is 25.8 Å². The molecule has 0 aromatic heterocycles. The molecule has 0 saturated carbocycles. The second-order valence-corrected chi connectivity index (χ2v) is 6.47. The Labute approximate surface area is 143 Å². The van der Waals surface area contributed by atoms with E-state index in [1.54, 1.807) is 19.2 Å². The van der Waals surface area contributed by atoms with E-state index >= 15 is 0 Å². The van der Waals surface area contributed by atoms with Crippen molar-refractivity contribution >= 4 is 11.8 Å². The SMILES string of the molecule is COCCN(CC(=O)OC(C)(C)C)Cc1ccc(/C(N)=N/O)cc1. The summed E-state index contributed by atoms with van der Waals surface area (Å²) in [5.41, 5.74) is 6.68. The average molecular weight is 337 g/mol. The van der Waals surface area contributed by atoms with E-state index in [0.717, 1.165) is 5.56 Å². The minimum atomic E-state index is -0.507. The van der Waals surface area contributed by atoms with Gasteiger partial charge in [-0.2, -0.15) is 0 Å². The molecule has 134 valence electrons. The maximum Gasteiger partial charge on any atom is 0.320 e. The van der Waals surface area contributed by atoms with Gasteiger partial charge in [-0.15, -0.1) is 0 Å². The first-order valence-corrected chi connectivity index (χ1v) is 7.75. The maximum absolute atomic E-state index is 12.0. The lowest BCUT2D eigenvalue weighted by Gasteiger charge is -2.25. The lowest BCUT2D eigenvalue weighted by molar-refractivity contribution is -0.156. The minimum absolute atomic E-state index is 0.0616. The van der Waals surface area contributed by atoms with Crippen molar-refractivity contribution < 1.29 is 19.5 Å². The first-order chi connectivity index (χ1) is 11.2. The molecular formula is C17H27N3O4. The summed E-state index contributed by atoms with van der Waals surface area (Å²) in [6.07, 6.45) is 0. The summed E-state index contributed by atoms with van der Waals surface area (Å²) >= 11 is 0. The van der Waals surface area contributed by atoms with Gasteiger partial charge in [-0.25, -0.2) is 0 Å². The molecule has 0 fully saturated rings. The Morgan fingerprint density at radius 1 is 1.29 bits per heavy atom. The molecule has 0 amide bonds. The largest absolute Gasteiger partial charge is 0.459 e. The molecule has 0 atom stereocenters. The number of benzene rings is 1. The maximum atomic E-state index is 12.0. The van der Waals surface area contributed by atoms with Crippen LogP contribution in [-0.2, 0) is 20.8 Å². The van der Waals surface area contributed by atoms with Crippen LogP contribution in [0.25, 0.3) is 0 Å². The lowest BCUT2D eigenvalue weighted by atomic mass is 10.1. The molecule has 1 aromatic carbocycles. The predicted molar refractivity (Wildman–Crippen MR) is 92.0 cm³/mol. The van der Waals surface area contributed by atoms with E-state index in [9.17, 15) is 4.79 Å². The van der Waals surface area contributed by atoms with Crippen molar-refractivity contribution in [3.8, 4) is 0 Å². The molecule has 1 aromatic rings. The zero-order valence-corrected chi connectivity index (χ0v) is 14.8. The van der Waals surface area contributed by atoms with Crippen LogP contribution >= 0.6 is 0 Å². The lowest BCUT2D eigenvalue weighted by Crippen LogP contribution is -2.36. The molecule has 0 heterocycles. The van der Waals surface area contributed by atoms with Crippen LogP contribution in [0.4, 0.5) is 0 Å². The zero-order chi connectivity index (χ0) is 18.2. The van der Waals surface area contributed by atoms with Gasteiger partial charge < -0.3 is 20.4 Å². The van der Waals surface area contributed by atoms with Gasteiger partial charge in [-0.3, -0.25) is 9.69 Å². The van der Waals surface area contributed by atoms with Gasteiger partial charge in [-0.05, 0) is 26.3 Å². The van der Waals surface area contributed by atoms with E-state index in [2.05, 4.69) is 5.16 Å². The molecule has 7 heteroatoms. The van der Waals surface area contributed by atoms with Crippen LogP contribution in [-0.4, -0.2) is 54.3 Å². The average Bonchev–Trinajstić information content (AvgIpc) is 2.50. The quantitative estimate of drug-likeness (QED) is 0.246. The summed E-state index contributed by atoms with van der Waals surface area (Å²) in [5, 5.41) is 11.7. The topological polar surface area (TPSA) is 97.4 Å². The number of hydrogen-bond acceptors (Lipinski definition) is 6. The first kappa shape index (κ1) is 19.9. The van der Waals surface area contributed by atoms with Gasteiger partial charge in [0.2, 0.25) is 0 Å². The molecule has 0 bridgehead atoms. The van der Waals surface area contributed by atoms with Crippen LogP contribution in [0.3, 0.4) is 0 Å². The number of carbonyl (C=O) groups is 1. The third kappa shape index (κ3) is 7.43. The molecule has 0 aliphatic carbocycles.